The zero-order chi connectivity index (χ0) is 46.7. The number of esters is 4. The molecule has 0 saturated heterocycles. The number of hydrogen-bond acceptors (Lipinski definition) is 8. The summed E-state index contributed by atoms with van der Waals surface area (Å²) in [6, 6.07) is 4.02. The van der Waals surface area contributed by atoms with Crippen LogP contribution in [0.15, 0.2) is 12.1 Å². The number of hydrogen-bond donors (Lipinski definition) is 0. The Labute approximate surface area is 386 Å². The van der Waals surface area contributed by atoms with Crippen molar-refractivity contribution >= 4 is 23.9 Å². The second kappa shape index (κ2) is 36.3. The van der Waals surface area contributed by atoms with Crippen molar-refractivity contribution in [3.05, 3.63) is 28.8 Å². The van der Waals surface area contributed by atoms with Gasteiger partial charge in [-0.05, 0) is 62.1 Å². The Bertz CT molecular complexity index is 1320. The van der Waals surface area contributed by atoms with Gasteiger partial charge < -0.3 is 18.9 Å². The lowest BCUT2D eigenvalue weighted by Crippen LogP contribution is -2.33. The van der Waals surface area contributed by atoms with Gasteiger partial charge in [-0.1, -0.05) is 209 Å². The van der Waals surface area contributed by atoms with Crippen LogP contribution in [-0.4, -0.2) is 43.2 Å². The summed E-state index contributed by atoms with van der Waals surface area (Å²) in [5, 5.41) is 0. The molecule has 0 aliphatic carbocycles. The molecule has 1 aromatic carbocycles. The summed E-state index contributed by atoms with van der Waals surface area (Å²) in [6.07, 6.45) is 32.5. The minimum absolute atomic E-state index is 0.170. The third-order valence-corrected chi connectivity index (χ3v) is 12.4. The predicted molar refractivity (Wildman–Crippen MR) is 260 cm³/mol. The Hall–Kier alpha value is -2.90. The highest BCUT2D eigenvalue weighted by molar-refractivity contribution is 5.76. The minimum atomic E-state index is -0.908. The second-order valence-electron chi connectivity index (χ2n) is 19.9. The summed E-state index contributed by atoms with van der Waals surface area (Å²) in [5.74, 6) is -1.88. The van der Waals surface area contributed by atoms with E-state index in [1.807, 2.05) is 26.8 Å². The Morgan fingerprint density at radius 2 is 0.857 bits per heavy atom. The Morgan fingerprint density at radius 1 is 0.508 bits per heavy atom. The highest BCUT2D eigenvalue weighted by atomic mass is 16.6. The average Bonchev–Trinajstić information content (AvgIpc) is 3.23. The SMILES string of the molecule is CCCCCCCCCCCCCCCC(=O)OCC(COC(=O)CCCCCCCCCCCCCCC)OC(=O)C(C)CCC(C)C(=O)Oc1cc(C)cc(C)c1C(C)(C)C. The number of carbonyl (C=O) groups excluding carboxylic acids is 4. The van der Waals surface area contributed by atoms with E-state index in [0.29, 0.717) is 31.4 Å². The molecule has 0 N–H and O–H groups in total. The first kappa shape index (κ1) is 58.1. The number of unbranched alkanes of at least 4 members (excludes halogenated alkanes) is 24. The maximum Gasteiger partial charge on any atom is 0.314 e. The van der Waals surface area contributed by atoms with E-state index in [4.69, 9.17) is 18.9 Å². The number of rotatable bonds is 39. The molecule has 1 aromatic rings. The summed E-state index contributed by atoms with van der Waals surface area (Å²) < 4.78 is 22.9. The molecule has 0 aliphatic rings. The van der Waals surface area contributed by atoms with E-state index in [1.54, 1.807) is 6.92 Å². The lowest BCUT2D eigenvalue weighted by atomic mass is 9.82. The Balaban J connectivity index is 2.59. The van der Waals surface area contributed by atoms with E-state index in [-0.39, 0.29) is 36.5 Å². The molecule has 1 rings (SSSR count). The Morgan fingerprint density at radius 3 is 1.22 bits per heavy atom. The third kappa shape index (κ3) is 30.0. The van der Waals surface area contributed by atoms with Crippen molar-refractivity contribution in [3.8, 4) is 5.75 Å². The fraction of sp³-hybridized carbons (Fsp3) is 0.818. The highest BCUT2D eigenvalue weighted by Crippen LogP contribution is 2.36. The molecular weight excluding hydrogens is 789 g/mol. The van der Waals surface area contributed by atoms with Crippen LogP contribution in [0.25, 0.3) is 0 Å². The number of carbonyl (C=O) groups is 4. The van der Waals surface area contributed by atoms with Gasteiger partial charge in [0.1, 0.15) is 19.0 Å². The largest absolute Gasteiger partial charge is 0.462 e. The molecule has 0 aliphatic heterocycles. The van der Waals surface area contributed by atoms with Crippen LogP contribution in [-0.2, 0) is 38.8 Å². The molecule has 0 heterocycles. The highest BCUT2D eigenvalue weighted by Gasteiger charge is 2.27. The summed E-state index contributed by atoms with van der Waals surface area (Å²) in [6.45, 7) is 18.1. The quantitative estimate of drug-likeness (QED) is 0.0279. The molecule has 63 heavy (non-hydrogen) atoms. The van der Waals surface area contributed by atoms with Crippen LogP contribution in [0.4, 0.5) is 0 Å². The summed E-state index contributed by atoms with van der Waals surface area (Å²) in [7, 11) is 0. The van der Waals surface area contributed by atoms with E-state index in [1.165, 1.54) is 128 Å². The third-order valence-electron chi connectivity index (χ3n) is 12.4. The van der Waals surface area contributed by atoms with Gasteiger partial charge in [-0.2, -0.15) is 0 Å². The summed E-state index contributed by atoms with van der Waals surface area (Å²) in [5.41, 5.74) is 2.91. The van der Waals surface area contributed by atoms with Crippen LogP contribution >= 0.6 is 0 Å². The van der Waals surface area contributed by atoms with Crippen LogP contribution < -0.4 is 4.74 Å². The number of aryl methyl sites for hydroxylation is 2. The lowest BCUT2D eigenvalue weighted by molar-refractivity contribution is -0.169. The molecule has 0 aromatic heterocycles. The van der Waals surface area contributed by atoms with Gasteiger partial charge in [0.25, 0.3) is 0 Å². The van der Waals surface area contributed by atoms with Crippen molar-refractivity contribution in [1.82, 2.24) is 0 Å². The van der Waals surface area contributed by atoms with Crippen LogP contribution in [0.2, 0.25) is 0 Å². The maximum absolute atomic E-state index is 13.3. The molecule has 364 valence electrons. The first-order valence-corrected chi connectivity index (χ1v) is 26.0. The lowest BCUT2D eigenvalue weighted by Gasteiger charge is -2.26. The van der Waals surface area contributed by atoms with Gasteiger partial charge in [-0.3, -0.25) is 19.2 Å². The van der Waals surface area contributed by atoms with Gasteiger partial charge in [0.05, 0.1) is 11.8 Å². The zero-order valence-corrected chi connectivity index (χ0v) is 42.3. The fourth-order valence-corrected chi connectivity index (χ4v) is 8.40. The first-order chi connectivity index (χ1) is 30.2. The normalized spacial score (nSPS) is 12.6. The van der Waals surface area contributed by atoms with Crippen LogP contribution in [0, 0.1) is 25.7 Å². The second-order valence-corrected chi connectivity index (χ2v) is 19.9. The van der Waals surface area contributed by atoms with E-state index in [9.17, 15) is 19.2 Å². The first-order valence-electron chi connectivity index (χ1n) is 26.0. The smallest absolute Gasteiger partial charge is 0.314 e. The predicted octanol–water partition coefficient (Wildman–Crippen LogP) is 15.5. The van der Waals surface area contributed by atoms with Crippen LogP contribution in [0.1, 0.15) is 258 Å². The molecule has 2 atom stereocenters. The molecule has 0 radical (unpaired) electrons. The monoisotopic (exact) mass is 885 g/mol. The van der Waals surface area contributed by atoms with Gasteiger partial charge >= 0.3 is 23.9 Å². The van der Waals surface area contributed by atoms with Crippen molar-refractivity contribution in [1.29, 1.82) is 0 Å². The van der Waals surface area contributed by atoms with E-state index < -0.39 is 23.9 Å². The molecule has 0 fully saturated rings. The van der Waals surface area contributed by atoms with Gasteiger partial charge in [-0.25, -0.2) is 0 Å². The standard InChI is InChI=1S/C55H96O8/c1-10-12-14-16-18-20-22-24-26-28-30-32-34-36-50(56)60-42-48(43-61-51(57)37-35-33-31-29-27-25-23-21-19-17-15-13-11-2)62-53(58)45(4)38-39-46(5)54(59)63-49-41-44(3)40-47(6)52(49)55(7,8)9/h40-41,45-46,48H,10-39,42-43H2,1-9H3. The minimum Gasteiger partial charge on any atom is -0.462 e. The topological polar surface area (TPSA) is 105 Å². The van der Waals surface area contributed by atoms with Crippen molar-refractivity contribution in [2.24, 2.45) is 11.8 Å². The molecule has 0 bridgehead atoms. The van der Waals surface area contributed by atoms with Crippen molar-refractivity contribution in [2.45, 2.75) is 266 Å². The molecule has 0 saturated carbocycles. The summed E-state index contributed by atoms with van der Waals surface area (Å²) in [4.78, 5) is 52.1. The van der Waals surface area contributed by atoms with Crippen LogP contribution in [0.3, 0.4) is 0 Å². The van der Waals surface area contributed by atoms with Crippen molar-refractivity contribution in [3.63, 3.8) is 0 Å². The molecule has 2 unspecified atom stereocenters. The number of benzene rings is 1. The van der Waals surface area contributed by atoms with Gasteiger partial charge in [-0.15, -0.1) is 0 Å². The van der Waals surface area contributed by atoms with Crippen molar-refractivity contribution in [2.75, 3.05) is 13.2 Å². The van der Waals surface area contributed by atoms with E-state index >= 15 is 0 Å². The molecule has 0 spiro atoms. The van der Waals surface area contributed by atoms with Crippen molar-refractivity contribution < 1.29 is 38.1 Å². The van der Waals surface area contributed by atoms with Gasteiger partial charge in [0, 0.05) is 18.4 Å². The molecule has 8 nitrogen and oxygen atoms in total. The molecule has 8 heteroatoms. The van der Waals surface area contributed by atoms with Gasteiger partial charge in [0.15, 0.2) is 6.10 Å². The fourth-order valence-electron chi connectivity index (χ4n) is 8.40. The van der Waals surface area contributed by atoms with E-state index in [0.717, 1.165) is 55.2 Å². The maximum atomic E-state index is 13.3. The molecular formula is C55H96O8. The van der Waals surface area contributed by atoms with E-state index in [2.05, 4.69) is 40.7 Å². The number of ether oxygens (including phenoxy) is 4. The Kier molecular flexibility index (Phi) is 33.5. The van der Waals surface area contributed by atoms with Crippen LogP contribution in [0.5, 0.6) is 5.75 Å². The zero-order valence-electron chi connectivity index (χ0n) is 42.3. The average molecular weight is 885 g/mol. The summed E-state index contributed by atoms with van der Waals surface area (Å²) >= 11 is 0. The molecule has 0 amide bonds. The van der Waals surface area contributed by atoms with Gasteiger partial charge in [0.2, 0.25) is 0 Å².